The highest BCUT2D eigenvalue weighted by Gasteiger charge is 2.01. The normalized spacial score (nSPS) is 12.6. The Balaban J connectivity index is 2.63. The van der Waals surface area contributed by atoms with Crippen molar-refractivity contribution in [3.8, 4) is 0 Å². The SMILES string of the molecule is CC(CO)Nc1cc(F)ncn1. The number of aliphatic hydroxyl groups is 1. The van der Waals surface area contributed by atoms with Gasteiger partial charge in [-0.2, -0.15) is 4.39 Å². The molecule has 0 radical (unpaired) electrons. The van der Waals surface area contributed by atoms with Crippen LogP contribution in [0.15, 0.2) is 12.4 Å². The molecule has 1 unspecified atom stereocenters. The van der Waals surface area contributed by atoms with E-state index in [0.29, 0.717) is 5.82 Å². The molecule has 0 aliphatic heterocycles. The summed E-state index contributed by atoms with van der Waals surface area (Å²) in [6, 6.07) is 1.03. The van der Waals surface area contributed by atoms with Crippen molar-refractivity contribution in [3.05, 3.63) is 18.3 Å². The van der Waals surface area contributed by atoms with Crippen LogP contribution in [-0.2, 0) is 0 Å². The van der Waals surface area contributed by atoms with Crippen molar-refractivity contribution in [1.82, 2.24) is 9.97 Å². The first kappa shape index (κ1) is 8.86. The van der Waals surface area contributed by atoms with Crippen LogP contribution in [-0.4, -0.2) is 27.7 Å². The smallest absolute Gasteiger partial charge is 0.217 e. The molecule has 5 heteroatoms. The maximum atomic E-state index is 12.5. The van der Waals surface area contributed by atoms with E-state index in [1.54, 1.807) is 6.92 Å². The van der Waals surface area contributed by atoms with Crippen LogP contribution in [0.4, 0.5) is 10.2 Å². The predicted octanol–water partition coefficient (Wildman–Crippen LogP) is 0.408. The zero-order chi connectivity index (χ0) is 8.97. The largest absolute Gasteiger partial charge is 0.394 e. The lowest BCUT2D eigenvalue weighted by Gasteiger charge is -2.10. The lowest BCUT2D eigenvalue weighted by atomic mass is 10.3. The molecule has 66 valence electrons. The summed E-state index contributed by atoms with van der Waals surface area (Å²) in [7, 11) is 0. The molecule has 1 heterocycles. The summed E-state index contributed by atoms with van der Waals surface area (Å²) in [4.78, 5) is 7.05. The van der Waals surface area contributed by atoms with E-state index in [0.717, 1.165) is 6.33 Å². The van der Waals surface area contributed by atoms with E-state index in [-0.39, 0.29) is 12.6 Å². The number of aliphatic hydroxyl groups excluding tert-OH is 1. The van der Waals surface area contributed by atoms with Crippen molar-refractivity contribution in [1.29, 1.82) is 0 Å². The van der Waals surface area contributed by atoms with Crippen molar-refractivity contribution in [2.75, 3.05) is 11.9 Å². The first-order valence-corrected chi connectivity index (χ1v) is 3.57. The van der Waals surface area contributed by atoms with Gasteiger partial charge in [0.25, 0.3) is 0 Å². The summed E-state index contributed by atoms with van der Waals surface area (Å²) in [5.74, 6) is -0.207. The molecule has 2 N–H and O–H groups in total. The van der Waals surface area contributed by atoms with Gasteiger partial charge in [-0.3, -0.25) is 0 Å². The molecular formula is C7H10FN3O. The average molecular weight is 171 g/mol. The molecule has 0 spiro atoms. The lowest BCUT2D eigenvalue weighted by Crippen LogP contribution is -2.20. The Morgan fingerprint density at radius 2 is 2.42 bits per heavy atom. The highest BCUT2D eigenvalue weighted by Crippen LogP contribution is 2.03. The first-order valence-electron chi connectivity index (χ1n) is 3.57. The molecule has 1 atom stereocenters. The molecule has 0 aliphatic carbocycles. The molecule has 0 saturated heterocycles. The molecule has 12 heavy (non-hydrogen) atoms. The van der Waals surface area contributed by atoms with Crippen LogP contribution in [0.3, 0.4) is 0 Å². The lowest BCUT2D eigenvalue weighted by molar-refractivity contribution is 0.281. The molecule has 1 aromatic heterocycles. The molecule has 0 saturated carbocycles. The number of nitrogens with one attached hydrogen (secondary N) is 1. The summed E-state index contributed by atoms with van der Waals surface area (Å²) in [6.07, 6.45) is 1.13. The predicted molar refractivity (Wildman–Crippen MR) is 42.2 cm³/mol. The quantitative estimate of drug-likeness (QED) is 0.646. The van der Waals surface area contributed by atoms with E-state index in [9.17, 15) is 4.39 Å². The summed E-state index contributed by atoms with van der Waals surface area (Å²) in [5.41, 5.74) is 0. The molecular weight excluding hydrogens is 161 g/mol. The molecule has 0 amide bonds. The van der Waals surface area contributed by atoms with Crippen molar-refractivity contribution >= 4 is 5.82 Å². The van der Waals surface area contributed by atoms with E-state index < -0.39 is 5.95 Å². The average Bonchev–Trinajstić information content (AvgIpc) is 2.04. The number of nitrogens with zero attached hydrogens (tertiary/aromatic N) is 2. The summed E-state index contributed by atoms with van der Waals surface area (Å²) >= 11 is 0. The fourth-order valence-electron chi connectivity index (χ4n) is 0.711. The topological polar surface area (TPSA) is 58.0 Å². The highest BCUT2D eigenvalue weighted by molar-refractivity contribution is 5.33. The van der Waals surface area contributed by atoms with E-state index in [4.69, 9.17) is 5.11 Å². The van der Waals surface area contributed by atoms with Crippen LogP contribution in [0.1, 0.15) is 6.92 Å². The van der Waals surface area contributed by atoms with Gasteiger partial charge in [0.05, 0.1) is 6.61 Å². The molecule has 1 rings (SSSR count). The van der Waals surface area contributed by atoms with Crippen molar-refractivity contribution < 1.29 is 9.50 Å². The number of rotatable bonds is 3. The van der Waals surface area contributed by atoms with Gasteiger partial charge in [0.2, 0.25) is 5.95 Å². The van der Waals surface area contributed by atoms with Crippen LogP contribution >= 0.6 is 0 Å². The van der Waals surface area contributed by atoms with Crippen molar-refractivity contribution in [2.45, 2.75) is 13.0 Å². The molecule has 1 aromatic rings. The minimum Gasteiger partial charge on any atom is -0.394 e. The standard InChI is InChI=1S/C7H10FN3O/c1-5(3-12)11-7-2-6(8)9-4-10-7/h2,4-5,12H,3H2,1H3,(H,9,10,11). The fourth-order valence-corrected chi connectivity index (χ4v) is 0.711. The monoisotopic (exact) mass is 171 g/mol. The second kappa shape index (κ2) is 3.96. The maximum Gasteiger partial charge on any atom is 0.217 e. The molecule has 0 bridgehead atoms. The van der Waals surface area contributed by atoms with Crippen LogP contribution in [0.2, 0.25) is 0 Å². The van der Waals surface area contributed by atoms with Gasteiger partial charge in [0.1, 0.15) is 12.1 Å². The van der Waals surface area contributed by atoms with Crippen LogP contribution in [0, 0.1) is 5.95 Å². The van der Waals surface area contributed by atoms with Gasteiger partial charge < -0.3 is 10.4 Å². The summed E-state index contributed by atoms with van der Waals surface area (Å²) < 4.78 is 12.5. The number of hydrogen-bond acceptors (Lipinski definition) is 4. The molecule has 0 aliphatic rings. The summed E-state index contributed by atoms with van der Waals surface area (Å²) in [5, 5.41) is 11.5. The minimum absolute atomic E-state index is 0.0222. The fraction of sp³-hybridized carbons (Fsp3) is 0.429. The molecule has 0 fully saturated rings. The Hall–Kier alpha value is -1.23. The van der Waals surface area contributed by atoms with Gasteiger partial charge in [-0.05, 0) is 6.92 Å². The third-order valence-corrected chi connectivity index (χ3v) is 1.30. The van der Waals surface area contributed by atoms with E-state index in [1.165, 1.54) is 6.07 Å². The number of halogens is 1. The van der Waals surface area contributed by atoms with Gasteiger partial charge in [-0.15, -0.1) is 0 Å². The Labute approximate surface area is 69.5 Å². The Kier molecular flexibility index (Phi) is 2.93. The van der Waals surface area contributed by atoms with E-state index >= 15 is 0 Å². The van der Waals surface area contributed by atoms with Gasteiger partial charge in [0, 0.05) is 12.1 Å². The van der Waals surface area contributed by atoms with Gasteiger partial charge in [-0.1, -0.05) is 0 Å². The van der Waals surface area contributed by atoms with Gasteiger partial charge in [0.15, 0.2) is 0 Å². The van der Waals surface area contributed by atoms with Crippen LogP contribution in [0.5, 0.6) is 0 Å². The van der Waals surface area contributed by atoms with E-state index in [2.05, 4.69) is 15.3 Å². The Morgan fingerprint density at radius 3 is 3.00 bits per heavy atom. The van der Waals surface area contributed by atoms with Gasteiger partial charge >= 0.3 is 0 Å². The highest BCUT2D eigenvalue weighted by atomic mass is 19.1. The van der Waals surface area contributed by atoms with Crippen LogP contribution in [0.25, 0.3) is 0 Å². The number of hydrogen-bond donors (Lipinski definition) is 2. The maximum absolute atomic E-state index is 12.5. The Morgan fingerprint density at radius 1 is 1.67 bits per heavy atom. The summed E-state index contributed by atoms with van der Waals surface area (Å²) in [6.45, 7) is 1.74. The van der Waals surface area contributed by atoms with Gasteiger partial charge in [-0.25, -0.2) is 9.97 Å². The first-order chi connectivity index (χ1) is 5.72. The molecule has 4 nitrogen and oxygen atoms in total. The second-order valence-electron chi connectivity index (χ2n) is 2.45. The van der Waals surface area contributed by atoms with Crippen molar-refractivity contribution in [3.63, 3.8) is 0 Å². The third kappa shape index (κ3) is 2.43. The van der Waals surface area contributed by atoms with Crippen molar-refractivity contribution in [2.24, 2.45) is 0 Å². The number of anilines is 1. The Bertz CT molecular complexity index is 256. The zero-order valence-electron chi connectivity index (χ0n) is 6.66. The second-order valence-corrected chi connectivity index (χ2v) is 2.45. The van der Waals surface area contributed by atoms with Crippen LogP contribution < -0.4 is 5.32 Å². The number of aromatic nitrogens is 2. The minimum atomic E-state index is -0.586. The third-order valence-electron chi connectivity index (χ3n) is 1.30. The molecule has 0 aromatic carbocycles. The zero-order valence-corrected chi connectivity index (χ0v) is 6.66. The van der Waals surface area contributed by atoms with E-state index in [1.807, 2.05) is 0 Å².